The van der Waals surface area contributed by atoms with Gasteiger partial charge in [-0.25, -0.2) is 0 Å². The van der Waals surface area contributed by atoms with E-state index in [0.717, 1.165) is 18.6 Å². The highest BCUT2D eigenvalue weighted by Gasteiger charge is 2.33. The molecule has 0 spiro atoms. The van der Waals surface area contributed by atoms with Crippen molar-refractivity contribution in [3.8, 4) is 0 Å². The number of hydrogen-bond acceptors (Lipinski definition) is 2. The zero-order valence-electron chi connectivity index (χ0n) is 10.0. The molecule has 3 rings (SSSR count). The summed E-state index contributed by atoms with van der Waals surface area (Å²) in [6.07, 6.45) is 6.07. The van der Waals surface area contributed by atoms with Crippen LogP contribution < -0.4 is 0 Å². The fourth-order valence-corrected chi connectivity index (χ4v) is 4.31. The molecule has 1 atom stereocenters. The molecule has 17 heavy (non-hydrogen) atoms. The molecule has 1 heterocycles. The van der Waals surface area contributed by atoms with Gasteiger partial charge < -0.3 is 0 Å². The molecule has 1 aliphatic carbocycles. The Kier molecular flexibility index (Phi) is 3.24. The average molecular weight is 246 g/mol. The van der Waals surface area contributed by atoms with Crippen molar-refractivity contribution in [2.75, 3.05) is 5.75 Å². The monoisotopic (exact) mass is 246 g/mol. The van der Waals surface area contributed by atoms with Gasteiger partial charge >= 0.3 is 0 Å². The maximum atomic E-state index is 12.5. The van der Waals surface area contributed by atoms with E-state index < -0.39 is 0 Å². The van der Waals surface area contributed by atoms with Gasteiger partial charge in [-0.3, -0.25) is 4.79 Å². The van der Waals surface area contributed by atoms with Gasteiger partial charge in [0.1, 0.15) is 5.78 Å². The van der Waals surface area contributed by atoms with Crippen LogP contribution in [0.25, 0.3) is 0 Å². The minimum absolute atomic E-state index is 0.180. The third-order valence-electron chi connectivity index (χ3n) is 4.05. The zero-order chi connectivity index (χ0) is 11.7. The Balaban J connectivity index is 1.79. The first-order valence-electron chi connectivity index (χ1n) is 6.62. The van der Waals surface area contributed by atoms with Crippen molar-refractivity contribution >= 4 is 17.5 Å². The summed E-state index contributed by atoms with van der Waals surface area (Å²) in [6.45, 7) is 0. The first kappa shape index (κ1) is 11.3. The van der Waals surface area contributed by atoms with E-state index in [0.29, 0.717) is 11.7 Å². The molecule has 0 saturated heterocycles. The average Bonchev–Trinajstić information content (AvgIpc) is 2.83. The van der Waals surface area contributed by atoms with Crippen molar-refractivity contribution in [2.24, 2.45) is 5.92 Å². The lowest BCUT2D eigenvalue weighted by Crippen LogP contribution is -2.24. The maximum absolute atomic E-state index is 12.5. The molecule has 1 nitrogen and oxygen atoms in total. The molecule has 1 unspecified atom stereocenters. The molecule has 90 valence electrons. The van der Waals surface area contributed by atoms with Gasteiger partial charge in [0.05, 0.1) is 5.92 Å². The van der Waals surface area contributed by atoms with Crippen LogP contribution >= 0.6 is 11.8 Å². The van der Waals surface area contributed by atoms with Gasteiger partial charge in [0, 0.05) is 16.6 Å². The largest absolute Gasteiger partial charge is 0.299 e. The number of rotatable bonds is 2. The van der Waals surface area contributed by atoms with Crippen LogP contribution in [0.1, 0.15) is 43.6 Å². The van der Waals surface area contributed by atoms with E-state index in [-0.39, 0.29) is 5.92 Å². The van der Waals surface area contributed by atoms with Crippen LogP contribution in [0.2, 0.25) is 0 Å². The summed E-state index contributed by atoms with van der Waals surface area (Å²) in [5, 5.41) is 0. The molecule has 1 aromatic rings. The zero-order valence-corrected chi connectivity index (χ0v) is 10.8. The Morgan fingerprint density at radius 2 is 1.88 bits per heavy atom. The van der Waals surface area contributed by atoms with Crippen molar-refractivity contribution in [3.63, 3.8) is 0 Å². The Morgan fingerprint density at radius 1 is 1.12 bits per heavy atom. The summed E-state index contributed by atoms with van der Waals surface area (Å²) < 4.78 is 0. The van der Waals surface area contributed by atoms with E-state index in [2.05, 4.69) is 24.3 Å². The molecule has 1 saturated carbocycles. The minimum Gasteiger partial charge on any atom is -0.299 e. The van der Waals surface area contributed by atoms with E-state index >= 15 is 0 Å². The molecule has 0 radical (unpaired) electrons. The van der Waals surface area contributed by atoms with Gasteiger partial charge in [-0.05, 0) is 24.5 Å². The summed E-state index contributed by atoms with van der Waals surface area (Å²) in [5.41, 5.74) is 1.29. The molecule has 2 heteroatoms. The van der Waals surface area contributed by atoms with Crippen molar-refractivity contribution in [2.45, 2.75) is 42.9 Å². The number of carbonyl (C=O) groups excluding carboxylic acids is 1. The van der Waals surface area contributed by atoms with Crippen molar-refractivity contribution in [3.05, 3.63) is 29.8 Å². The predicted octanol–water partition coefficient (Wildman–Crippen LogP) is 4.03. The fraction of sp³-hybridized carbons (Fsp3) is 0.533. The molecule has 0 N–H and O–H groups in total. The van der Waals surface area contributed by atoms with Gasteiger partial charge in [0.2, 0.25) is 0 Å². The van der Waals surface area contributed by atoms with Crippen LogP contribution in [0.15, 0.2) is 29.2 Å². The highest BCUT2D eigenvalue weighted by atomic mass is 32.2. The number of hydrogen-bond donors (Lipinski definition) is 0. The third kappa shape index (κ3) is 2.15. The van der Waals surface area contributed by atoms with E-state index in [1.165, 1.54) is 29.7 Å². The van der Waals surface area contributed by atoms with Crippen molar-refractivity contribution < 1.29 is 4.79 Å². The number of benzene rings is 1. The second-order valence-electron chi connectivity index (χ2n) is 5.14. The van der Waals surface area contributed by atoms with Crippen LogP contribution in [0.4, 0.5) is 0 Å². The Bertz CT molecular complexity index is 421. The SMILES string of the molecule is O=C(C1CCCCC1)C1CSc2ccccc21. The molecule has 0 amide bonds. The summed E-state index contributed by atoms with van der Waals surface area (Å²) in [7, 11) is 0. The molecule has 1 fully saturated rings. The number of ketones is 1. The number of fused-ring (bicyclic) bond motifs is 1. The van der Waals surface area contributed by atoms with Crippen molar-refractivity contribution in [1.29, 1.82) is 0 Å². The van der Waals surface area contributed by atoms with Gasteiger partial charge in [-0.2, -0.15) is 0 Å². The van der Waals surface area contributed by atoms with Crippen LogP contribution in [0, 0.1) is 5.92 Å². The summed E-state index contributed by atoms with van der Waals surface area (Å²) in [5.74, 6) is 2.01. The third-order valence-corrected chi connectivity index (χ3v) is 5.23. The first-order chi connectivity index (χ1) is 8.36. The predicted molar refractivity (Wildman–Crippen MR) is 71.5 cm³/mol. The second-order valence-corrected chi connectivity index (χ2v) is 6.20. The summed E-state index contributed by atoms with van der Waals surface area (Å²) in [6, 6.07) is 8.42. The van der Waals surface area contributed by atoms with Gasteiger partial charge in [0.15, 0.2) is 0 Å². The van der Waals surface area contributed by atoms with Gasteiger partial charge in [0.25, 0.3) is 0 Å². The number of thioether (sulfide) groups is 1. The summed E-state index contributed by atoms with van der Waals surface area (Å²) in [4.78, 5) is 13.9. The molecular weight excluding hydrogens is 228 g/mol. The molecule has 2 aliphatic rings. The lowest BCUT2D eigenvalue weighted by molar-refractivity contribution is -0.124. The number of Topliss-reactive ketones (excluding diaryl/α,β-unsaturated/α-hetero) is 1. The Hall–Kier alpha value is -0.760. The van der Waals surface area contributed by atoms with E-state index in [9.17, 15) is 4.79 Å². The van der Waals surface area contributed by atoms with E-state index in [4.69, 9.17) is 0 Å². The van der Waals surface area contributed by atoms with Gasteiger partial charge in [-0.15, -0.1) is 11.8 Å². The fourth-order valence-electron chi connectivity index (χ4n) is 3.07. The second kappa shape index (κ2) is 4.85. The minimum atomic E-state index is 0.180. The Morgan fingerprint density at radius 3 is 2.71 bits per heavy atom. The molecule has 0 bridgehead atoms. The van der Waals surface area contributed by atoms with Gasteiger partial charge in [-0.1, -0.05) is 37.5 Å². The van der Waals surface area contributed by atoms with Crippen LogP contribution in [0.5, 0.6) is 0 Å². The van der Waals surface area contributed by atoms with Crippen LogP contribution in [0.3, 0.4) is 0 Å². The smallest absolute Gasteiger partial charge is 0.144 e. The lowest BCUT2D eigenvalue weighted by Gasteiger charge is -2.23. The summed E-state index contributed by atoms with van der Waals surface area (Å²) >= 11 is 1.85. The Labute approximate surface area is 107 Å². The first-order valence-corrected chi connectivity index (χ1v) is 7.60. The molecule has 1 aromatic carbocycles. The normalized spacial score (nSPS) is 24.6. The highest BCUT2D eigenvalue weighted by molar-refractivity contribution is 7.99. The maximum Gasteiger partial charge on any atom is 0.144 e. The van der Waals surface area contributed by atoms with E-state index in [1.807, 2.05) is 11.8 Å². The molecule has 1 aliphatic heterocycles. The van der Waals surface area contributed by atoms with Crippen LogP contribution in [-0.4, -0.2) is 11.5 Å². The molecule has 0 aromatic heterocycles. The molecular formula is C15H18OS. The van der Waals surface area contributed by atoms with E-state index in [1.54, 1.807) is 0 Å². The standard InChI is InChI=1S/C15H18OS/c16-15(11-6-2-1-3-7-11)13-10-17-14-9-5-4-8-12(13)14/h4-5,8-9,11,13H,1-3,6-7,10H2. The van der Waals surface area contributed by atoms with Crippen LogP contribution in [-0.2, 0) is 4.79 Å². The topological polar surface area (TPSA) is 17.1 Å². The lowest BCUT2D eigenvalue weighted by atomic mass is 9.80. The number of carbonyl (C=O) groups is 1. The van der Waals surface area contributed by atoms with Crippen molar-refractivity contribution in [1.82, 2.24) is 0 Å². The quantitative estimate of drug-likeness (QED) is 0.784. The highest BCUT2D eigenvalue weighted by Crippen LogP contribution is 2.42.